The van der Waals surface area contributed by atoms with Crippen LogP contribution >= 0.6 is 7.82 Å². The summed E-state index contributed by atoms with van der Waals surface area (Å²) in [5.41, 5.74) is 5.34. The summed E-state index contributed by atoms with van der Waals surface area (Å²) in [6, 6.07) is -1.54. The molecule has 0 spiro atoms. The van der Waals surface area contributed by atoms with Gasteiger partial charge in [0.25, 0.3) is 0 Å². The molecule has 0 radical (unpaired) electrons. The zero-order valence-corrected chi connectivity index (χ0v) is 39.7. The Morgan fingerprint density at radius 3 is 1.62 bits per heavy atom. The number of rotatable bonds is 43. The standard InChI is InChI=1S/C50H84NO11P/c1-3-5-7-8-9-10-11-12-13-14-15-16-17-18-23-26-29-32-36-40-49(53)61-44(42-59-63(56,57)60-43-45(51)50(54)55)41-58-48(52)39-35-31-28-25-22-20-19-21-24-27-30-34-38-47-46(62-47)37-33-6-4-2/h6,12-13,20-22,24,28,30-31,33-34,44-47H,3-5,7-11,14-19,23,25-27,29,32,35-43,51H2,1-2H3,(H,54,55)(H,56,57)/b13-12-,22-20-,24-21-,31-28-,33-6-,34-30-/t44-,45+,46?,47?/m1/s1. The van der Waals surface area contributed by atoms with Crippen molar-refractivity contribution < 1.29 is 52.2 Å². The van der Waals surface area contributed by atoms with Crippen LogP contribution in [0.15, 0.2) is 72.9 Å². The molecule has 0 bridgehead atoms. The molecule has 4 N–H and O–H groups in total. The molecule has 1 saturated heterocycles. The average molecular weight is 906 g/mol. The SMILES string of the molecule is CC/C=C\CC1OC1C/C=C\C/C=C\C/C=C\C/C=C\CCC(=O)OC[C@H](COP(=O)(O)OC[C@H](N)C(=O)O)OC(=O)CCCCCCCCCCC/C=C\CCCCCCCC. The number of carboxylic acid groups (broad SMARTS) is 1. The fourth-order valence-corrected chi connectivity index (χ4v) is 7.26. The first-order valence-corrected chi connectivity index (χ1v) is 25.6. The van der Waals surface area contributed by atoms with E-state index in [0.29, 0.717) is 25.0 Å². The van der Waals surface area contributed by atoms with E-state index < -0.39 is 57.7 Å². The molecule has 0 aromatic rings. The molecule has 1 heterocycles. The van der Waals surface area contributed by atoms with Crippen LogP contribution in [0.1, 0.15) is 181 Å². The predicted octanol–water partition coefficient (Wildman–Crippen LogP) is 12.3. The van der Waals surface area contributed by atoms with Crippen LogP contribution < -0.4 is 5.73 Å². The van der Waals surface area contributed by atoms with Crippen molar-refractivity contribution in [3.63, 3.8) is 0 Å². The maximum atomic E-state index is 12.7. The Morgan fingerprint density at radius 2 is 1.06 bits per heavy atom. The molecule has 63 heavy (non-hydrogen) atoms. The average Bonchev–Trinajstić information content (AvgIpc) is 4.02. The summed E-state index contributed by atoms with van der Waals surface area (Å²) in [5, 5.41) is 8.91. The molecular formula is C50H84NO11P. The zero-order valence-electron chi connectivity index (χ0n) is 38.8. The van der Waals surface area contributed by atoms with E-state index in [4.69, 9.17) is 29.6 Å². The third-order valence-corrected chi connectivity index (χ3v) is 11.3. The number of hydrogen-bond donors (Lipinski definition) is 3. The van der Waals surface area contributed by atoms with Crippen molar-refractivity contribution in [2.24, 2.45) is 5.73 Å². The number of esters is 2. The van der Waals surface area contributed by atoms with Gasteiger partial charge in [-0.1, -0.05) is 164 Å². The first kappa shape index (κ1) is 57.9. The summed E-state index contributed by atoms with van der Waals surface area (Å²) in [6.07, 6.45) is 51.6. The molecule has 0 aliphatic carbocycles. The van der Waals surface area contributed by atoms with Gasteiger partial charge in [0.15, 0.2) is 6.10 Å². The highest BCUT2D eigenvalue weighted by atomic mass is 31.2. The Bertz CT molecular complexity index is 1410. The number of ether oxygens (including phenoxy) is 3. The maximum absolute atomic E-state index is 12.7. The van der Waals surface area contributed by atoms with Crippen LogP contribution in [0.5, 0.6) is 0 Å². The lowest BCUT2D eigenvalue weighted by molar-refractivity contribution is -0.161. The summed E-state index contributed by atoms with van der Waals surface area (Å²) >= 11 is 0. The predicted molar refractivity (Wildman–Crippen MR) is 253 cm³/mol. The number of carbonyl (C=O) groups excluding carboxylic acids is 2. The highest BCUT2D eigenvalue weighted by molar-refractivity contribution is 7.47. The van der Waals surface area contributed by atoms with E-state index in [9.17, 15) is 23.8 Å². The van der Waals surface area contributed by atoms with Gasteiger partial charge in [-0.3, -0.25) is 23.4 Å². The molecule has 0 aromatic carbocycles. The summed E-state index contributed by atoms with van der Waals surface area (Å²) in [4.78, 5) is 46.1. The molecule has 1 fully saturated rings. The first-order chi connectivity index (χ1) is 30.6. The fourth-order valence-electron chi connectivity index (χ4n) is 6.48. The zero-order chi connectivity index (χ0) is 46.1. The molecule has 12 nitrogen and oxygen atoms in total. The molecule has 1 aliphatic rings. The fraction of sp³-hybridized carbons (Fsp3) is 0.700. The number of unbranched alkanes of at least 4 members (excludes halogenated alkanes) is 15. The third kappa shape index (κ3) is 37.9. The van der Waals surface area contributed by atoms with Crippen LogP contribution in [0.2, 0.25) is 0 Å². The van der Waals surface area contributed by atoms with Gasteiger partial charge in [0.2, 0.25) is 0 Å². The molecular weight excluding hydrogens is 822 g/mol. The van der Waals surface area contributed by atoms with Crippen LogP contribution in [-0.2, 0) is 42.2 Å². The number of aliphatic carboxylic acids is 1. The van der Waals surface area contributed by atoms with E-state index in [0.717, 1.165) is 57.8 Å². The van der Waals surface area contributed by atoms with Gasteiger partial charge in [0.05, 0.1) is 25.4 Å². The molecule has 3 unspecified atom stereocenters. The van der Waals surface area contributed by atoms with Crippen molar-refractivity contribution in [2.45, 2.75) is 205 Å². The molecule has 360 valence electrons. The van der Waals surface area contributed by atoms with Gasteiger partial charge in [-0.25, -0.2) is 4.57 Å². The number of carbonyl (C=O) groups is 3. The van der Waals surface area contributed by atoms with Crippen molar-refractivity contribution in [1.29, 1.82) is 0 Å². The second kappa shape index (κ2) is 40.4. The van der Waals surface area contributed by atoms with Gasteiger partial charge < -0.3 is 29.9 Å². The number of carboxylic acids is 1. The lowest BCUT2D eigenvalue weighted by Gasteiger charge is -2.20. The van der Waals surface area contributed by atoms with Gasteiger partial charge >= 0.3 is 25.7 Å². The third-order valence-electron chi connectivity index (χ3n) is 10.4. The number of hydrogen-bond acceptors (Lipinski definition) is 10. The molecule has 1 aliphatic heterocycles. The van der Waals surface area contributed by atoms with Gasteiger partial charge in [-0.05, 0) is 77.0 Å². The van der Waals surface area contributed by atoms with Crippen LogP contribution in [0.25, 0.3) is 0 Å². The molecule has 0 saturated carbocycles. The number of phosphoric ester groups is 1. The van der Waals surface area contributed by atoms with Crippen LogP contribution in [0, 0.1) is 0 Å². The quantitative estimate of drug-likeness (QED) is 0.0173. The molecule has 0 aromatic heterocycles. The lowest BCUT2D eigenvalue weighted by Crippen LogP contribution is -2.34. The second-order valence-electron chi connectivity index (χ2n) is 16.2. The first-order valence-electron chi connectivity index (χ1n) is 24.1. The van der Waals surface area contributed by atoms with Crippen molar-refractivity contribution in [2.75, 3.05) is 19.8 Å². The van der Waals surface area contributed by atoms with Crippen molar-refractivity contribution in [3.05, 3.63) is 72.9 Å². The Balaban J connectivity index is 2.28. The maximum Gasteiger partial charge on any atom is 0.472 e. The summed E-state index contributed by atoms with van der Waals surface area (Å²) in [6.45, 7) is 2.61. The molecule has 13 heteroatoms. The molecule has 5 atom stereocenters. The number of epoxide rings is 1. The molecule has 1 rings (SSSR count). The lowest BCUT2D eigenvalue weighted by atomic mass is 10.1. The Labute approximate surface area is 380 Å². The minimum Gasteiger partial charge on any atom is -0.480 e. The van der Waals surface area contributed by atoms with E-state index in [-0.39, 0.29) is 12.8 Å². The van der Waals surface area contributed by atoms with Crippen LogP contribution in [0.4, 0.5) is 0 Å². The molecule has 0 amide bonds. The van der Waals surface area contributed by atoms with Crippen LogP contribution in [0.3, 0.4) is 0 Å². The van der Waals surface area contributed by atoms with Crippen molar-refractivity contribution >= 4 is 25.7 Å². The van der Waals surface area contributed by atoms with Gasteiger partial charge in [-0.2, -0.15) is 0 Å². The van der Waals surface area contributed by atoms with Gasteiger partial charge in [0.1, 0.15) is 12.6 Å². The highest BCUT2D eigenvalue weighted by Gasteiger charge is 2.36. The number of phosphoric acid groups is 1. The summed E-state index contributed by atoms with van der Waals surface area (Å²) < 4.78 is 38.4. The normalized spacial score (nSPS) is 17.5. The monoisotopic (exact) mass is 906 g/mol. The Morgan fingerprint density at radius 1 is 0.587 bits per heavy atom. The topological polar surface area (TPSA) is 184 Å². The van der Waals surface area contributed by atoms with E-state index in [1.54, 1.807) is 0 Å². The Kier molecular flexibility index (Phi) is 37.1. The minimum absolute atomic E-state index is 0.0901. The van der Waals surface area contributed by atoms with E-state index in [2.05, 4.69) is 79.1 Å². The highest BCUT2D eigenvalue weighted by Crippen LogP contribution is 2.43. The van der Waals surface area contributed by atoms with E-state index >= 15 is 0 Å². The van der Waals surface area contributed by atoms with Crippen molar-refractivity contribution in [1.82, 2.24) is 0 Å². The Hall–Kier alpha value is -3.12. The van der Waals surface area contributed by atoms with E-state index in [1.807, 2.05) is 12.2 Å². The van der Waals surface area contributed by atoms with E-state index in [1.165, 1.54) is 83.5 Å². The summed E-state index contributed by atoms with van der Waals surface area (Å²) in [7, 11) is -4.74. The van der Waals surface area contributed by atoms with Gasteiger partial charge in [0, 0.05) is 12.8 Å². The second-order valence-corrected chi connectivity index (χ2v) is 17.7. The number of allylic oxidation sites excluding steroid dienone is 10. The van der Waals surface area contributed by atoms with Crippen LogP contribution in [-0.4, -0.2) is 72.1 Å². The largest absolute Gasteiger partial charge is 0.480 e. The van der Waals surface area contributed by atoms with Gasteiger partial charge in [-0.15, -0.1) is 0 Å². The minimum atomic E-state index is -4.74. The smallest absolute Gasteiger partial charge is 0.472 e. The van der Waals surface area contributed by atoms with Crippen molar-refractivity contribution in [3.8, 4) is 0 Å². The number of nitrogens with two attached hydrogens (primary N) is 1. The summed E-state index contributed by atoms with van der Waals surface area (Å²) in [5.74, 6) is -2.50.